The average Bonchev–Trinajstić information content (AvgIpc) is 2.42. The second-order valence-corrected chi connectivity index (χ2v) is 5.76. The fraction of sp³-hybridized carbons (Fsp3) is 0.0714. The smallest absolute Gasteiger partial charge is 0.243 e. The number of carbonyl (C=O) groups is 1. The van der Waals surface area contributed by atoms with Crippen molar-refractivity contribution in [2.24, 2.45) is 0 Å². The molecule has 0 saturated heterocycles. The van der Waals surface area contributed by atoms with Gasteiger partial charge in [0.25, 0.3) is 0 Å². The Hall–Kier alpha value is -1.13. The second kappa shape index (κ2) is 7.23. The van der Waals surface area contributed by atoms with Gasteiger partial charge in [-0.05, 0) is 30.3 Å². The zero-order valence-corrected chi connectivity index (χ0v) is 13.6. The number of rotatable bonds is 4. The molecule has 7 heteroatoms. The lowest BCUT2D eigenvalue weighted by molar-refractivity contribution is -0.114. The summed E-state index contributed by atoms with van der Waals surface area (Å²) < 4.78 is 0. The molecule has 0 radical (unpaired) electrons. The molecule has 0 unspecified atom stereocenters. The number of halogens is 4. The minimum absolute atomic E-state index is 0.0176. The molecule has 2 N–H and O–H groups in total. The van der Waals surface area contributed by atoms with Gasteiger partial charge in [0.15, 0.2) is 0 Å². The van der Waals surface area contributed by atoms with Gasteiger partial charge in [0, 0.05) is 5.69 Å². The number of nitrogens with one attached hydrogen (secondary N) is 2. The summed E-state index contributed by atoms with van der Waals surface area (Å²) in [5.41, 5.74) is 1.08. The molecule has 3 nitrogen and oxygen atoms in total. The first-order valence-corrected chi connectivity index (χ1v) is 7.41. The van der Waals surface area contributed by atoms with E-state index < -0.39 is 0 Å². The minimum Gasteiger partial charge on any atom is -0.374 e. The lowest BCUT2D eigenvalue weighted by atomic mass is 10.3. The lowest BCUT2D eigenvalue weighted by Gasteiger charge is -2.11. The van der Waals surface area contributed by atoms with E-state index in [1.165, 1.54) is 0 Å². The van der Waals surface area contributed by atoms with Gasteiger partial charge in [-0.3, -0.25) is 4.79 Å². The third kappa shape index (κ3) is 4.42. The Kier molecular flexibility index (Phi) is 5.59. The highest BCUT2D eigenvalue weighted by Crippen LogP contribution is 2.29. The first kappa shape index (κ1) is 16.2. The van der Waals surface area contributed by atoms with Crippen LogP contribution in [-0.2, 0) is 4.79 Å². The number of amides is 1. The minimum atomic E-state index is -0.260. The maximum Gasteiger partial charge on any atom is 0.243 e. The maximum atomic E-state index is 11.9. The lowest BCUT2D eigenvalue weighted by Crippen LogP contribution is -2.22. The van der Waals surface area contributed by atoms with Crippen LogP contribution in [0.3, 0.4) is 0 Å². The molecule has 2 aromatic carbocycles. The fourth-order valence-corrected chi connectivity index (χ4v) is 2.44. The standard InChI is InChI=1S/C14H10Cl4N2O/c15-9-5-4-8(6-12(9)18)20-13(21)7-19-14-10(16)2-1-3-11(14)17/h1-6,19H,7H2,(H,20,21). The molecule has 2 rings (SSSR count). The van der Waals surface area contributed by atoms with E-state index in [1.54, 1.807) is 36.4 Å². The van der Waals surface area contributed by atoms with Gasteiger partial charge in [-0.25, -0.2) is 0 Å². The van der Waals surface area contributed by atoms with Crippen LogP contribution in [0.2, 0.25) is 20.1 Å². The topological polar surface area (TPSA) is 41.1 Å². The van der Waals surface area contributed by atoms with Gasteiger partial charge in [0.1, 0.15) is 0 Å². The Morgan fingerprint density at radius 1 is 0.905 bits per heavy atom. The predicted molar refractivity (Wildman–Crippen MR) is 90.0 cm³/mol. The molecule has 21 heavy (non-hydrogen) atoms. The normalized spacial score (nSPS) is 10.3. The monoisotopic (exact) mass is 362 g/mol. The quantitative estimate of drug-likeness (QED) is 0.768. The Morgan fingerprint density at radius 2 is 1.57 bits per heavy atom. The fourth-order valence-electron chi connectivity index (χ4n) is 1.61. The third-order valence-electron chi connectivity index (χ3n) is 2.59. The van der Waals surface area contributed by atoms with Crippen LogP contribution in [0.15, 0.2) is 36.4 Å². The summed E-state index contributed by atoms with van der Waals surface area (Å²) in [7, 11) is 0. The van der Waals surface area contributed by atoms with Gasteiger partial charge in [0.05, 0.1) is 32.3 Å². The van der Waals surface area contributed by atoms with E-state index >= 15 is 0 Å². The van der Waals surface area contributed by atoms with Crippen molar-refractivity contribution in [3.05, 3.63) is 56.5 Å². The van der Waals surface area contributed by atoms with Crippen LogP contribution in [0.25, 0.3) is 0 Å². The first-order valence-electron chi connectivity index (χ1n) is 5.90. The first-order chi connectivity index (χ1) is 9.97. The van der Waals surface area contributed by atoms with E-state index in [1.807, 2.05) is 0 Å². The van der Waals surface area contributed by atoms with E-state index in [0.717, 1.165) is 0 Å². The molecule has 0 saturated carbocycles. The number of para-hydroxylation sites is 1. The highest BCUT2D eigenvalue weighted by atomic mass is 35.5. The van der Waals surface area contributed by atoms with Gasteiger partial charge in [-0.1, -0.05) is 52.5 Å². The van der Waals surface area contributed by atoms with E-state index in [9.17, 15) is 4.79 Å². The highest BCUT2D eigenvalue weighted by molar-refractivity contribution is 6.42. The molecule has 110 valence electrons. The molecule has 0 aliphatic heterocycles. The van der Waals surface area contributed by atoms with E-state index in [-0.39, 0.29) is 12.5 Å². The molecular weight excluding hydrogens is 354 g/mol. The van der Waals surface area contributed by atoms with Crippen LogP contribution < -0.4 is 10.6 Å². The maximum absolute atomic E-state index is 11.9. The SMILES string of the molecule is O=C(CNc1c(Cl)cccc1Cl)Nc1ccc(Cl)c(Cl)c1. The summed E-state index contributed by atoms with van der Waals surface area (Å²) in [6.45, 7) is 0.0176. The highest BCUT2D eigenvalue weighted by Gasteiger charge is 2.08. The van der Waals surface area contributed by atoms with Crippen LogP contribution in [0, 0.1) is 0 Å². The van der Waals surface area contributed by atoms with Crippen LogP contribution in [0.1, 0.15) is 0 Å². The second-order valence-electron chi connectivity index (χ2n) is 4.13. The zero-order valence-electron chi connectivity index (χ0n) is 10.6. The summed E-state index contributed by atoms with van der Waals surface area (Å²) in [6, 6.07) is 9.95. The number of carbonyl (C=O) groups excluding carboxylic acids is 1. The third-order valence-corrected chi connectivity index (χ3v) is 3.96. The van der Waals surface area contributed by atoms with E-state index in [0.29, 0.717) is 31.5 Å². The van der Waals surface area contributed by atoms with Gasteiger partial charge < -0.3 is 10.6 Å². The Balaban J connectivity index is 1.97. The Morgan fingerprint density at radius 3 is 2.19 bits per heavy atom. The summed E-state index contributed by atoms with van der Waals surface area (Å²) >= 11 is 23.7. The van der Waals surface area contributed by atoms with Crippen LogP contribution in [0.4, 0.5) is 11.4 Å². The molecule has 0 aliphatic carbocycles. The molecule has 0 spiro atoms. The number of hydrogen-bond acceptors (Lipinski definition) is 2. The van der Waals surface area contributed by atoms with E-state index in [2.05, 4.69) is 10.6 Å². The van der Waals surface area contributed by atoms with Crippen molar-refractivity contribution in [1.82, 2.24) is 0 Å². The van der Waals surface area contributed by atoms with Gasteiger partial charge in [-0.15, -0.1) is 0 Å². The van der Waals surface area contributed by atoms with Gasteiger partial charge in [-0.2, -0.15) is 0 Å². The zero-order chi connectivity index (χ0) is 15.4. The molecule has 2 aromatic rings. The van der Waals surface area contributed by atoms with Crippen molar-refractivity contribution >= 4 is 63.7 Å². The number of anilines is 2. The van der Waals surface area contributed by atoms with Crippen molar-refractivity contribution in [1.29, 1.82) is 0 Å². The summed E-state index contributed by atoms with van der Waals surface area (Å²) in [5.74, 6) is -0.260. The van der Waals surface area contributed by atoms with Crippen molar-refractivity contribution < 1.29 is 4.79 Å². The molecule has 0 aliphatic rings. The number of hydrogen-bond donors (Lipinski definition) is 2. The van der Waals surface area contributed by atoms with Crippen molar-refractivity contribution in [2.75, 3.05) is 17.2 Å². The summed E-state index contributed by atoms with van der Waals surface area (Å²) in [5, 5.41) is 7.28. The molecule has 0 heterocycles. The van der Waals surface area contributed by atoms with Crippen molar-refractivity contribution in [3.8, 4) is 0 Å². The Bertz CT molecular complexity index is 656. The van der Waals surface area contributed by atoms with Crippen molar-refractivity contribution in [2.45, 2.75) is 0 Å². The summed E-state index contributed by atoms with van der Waals surface area (Å²) in [4.78, 5) is 11.9. The summed E-state index contributed by atoms with van der Waals surface area (Å²) in [6.07, 6.45) is 0. The van der Waals surface area contributed by atoms with E-state index in [4.69, 9.17) is 46.4 Å². The molecule has 0 fully saturated rings. The van der Waals surface area contributed by atoms with Crippen LogP contribution in [-0.4, -0.2) is 12.5 Å². The number of benzene rings is 2. The predicted octanol–water partition coefficient (Wildman–Crippen LogP) is 5.35. The molecular formula is C14H10Cl4N2O. The Labute approximate surface area is 142 Å². The van der Waals surface area contributed by atoms with Crippen LogP contribution >= 0.6 is 46.4 Å². The van der Waals surface area contributed by atoms with Crippen molar-refractivity contribution in [3.63, 3.8) is 0 Å². The molecule has 0 bridgehead atoms. The van der Waals surface area contributed by atoms with Gasteiger partial charge in [0.2, 0.25) is 5.91 Å². The molecule has 0 atom stereocenters. The van der Waals surface area contributed by atoms with Crippen LogP contribution in [0.5, 0.6) is 0 Å². The average molecular weight is 364 g/mol. The molecule has 0 aromatic heterocycles. The largest absolute Gasteiger partial charge is 0.374 e. The van der Waals surface area contributed by atoms with Gasteiger partial charge >= 0.3 is 0 Å². The molecule has 1 amide bonds.